The number of hydrogen-bond acceptors (Lipinski definition) is 3. The Bertz CT molecular complexity index is 1060. The first-order valence-corrected chi connectivity index (χ1v) is 9.54. The first-order valence-electron chi connectivity index (χ1n) is 9.16. The van der Waals surface area contributed by atoms with Crippen LogP contribution in [-0.2, 0) is 0 Å². The van der Waals surface area contributed by atoms with Gasteiger partial charge in [-0.15, -0.1) is 0 Å². The molecule has 0 aliphatic rings. The van der Waals surface area contributed by atoms with Crippen LogP contribution in [0, 0.1) is 12.7 Å². The number of halogens is 2. The highest BCUT2D eigenvalue weighted by atomic mass is 35.5. The second-order valence-corrected chi connectivity index (χ2v) is 7.23. The molecule has 0 saturated carbocycles. The molecule has 1 atom stereocenters. The maximum atomic E-state index is 13.2. The summed E-state index contributed by atoms with van der Waals surface area (Å²) in [5, 5.41) is 3.63. The maximum Gasteiger partial charge on any atom is 0.287 e. The Morgan fingerprint density at radius 1 is 1.21 bits per heavy atom. The summed E-state index contributed by atoms with van der Waals surface area (Å²) in [6, 6.07) is 10.6. The Hall–Kier alpha value is -2.66. The van der Waals surface area contributed by atoms with Gasteiger partial charge in [0, 0.05) is 23.6 Å². The zero-order valence-electron chi connectivity index (χ0n) is 15.7. The highest BCUT2D eigenvalue weighted by molar-refractivity contribution is 6.32. The molecule has 1 heterocycles. The molecule has 28 heavy (non-hydrogen) atoms. The van der Waals surface area contributed by atoms with Crippen molar-refractivity contribution < 1.29 is 13.6 Å². The number of fused-ring (bicyclic) bond motifs is 1. The fourth-order valence-corrected chi connectivity index (χ4v) is 3.33. The molecule has 0 saturated heterocycles. The lowest BCUT2D eigenvalue weighted by atomic mass is 9.94. The minimum Gasteiger partial charge on any atom is -0.451 e. The van der Waals surface area contributed by atoms with Crippen molar-refractivity contribution in [3.63, 3.8) is 0 Å². The first kappa shape index (κ1) is 20.1. The quantitative estimate of drug-likeness (QED) is 0.617. The van der Waals surface area contributed by atoms with E-state index < -0.39 is 5.91 Å². The van der Waals surface area contributed by atoms with Crippen LogP contribution in [0.2, 0.25) is 5.02 Å². The fourth-order valence-electron chi connectivity index (χ4n) is 3.16. The monoisotopic (exact) mass is 401 g/mol. The lowest BCUT2D eigenvalue weighted by Crippen LogP contribution is -2.29. The van der Waals surface area contributed by atoms with Gasteiger partial charge in [-0.2, -0.15) is 0 Å². The van der Waals surface area contributed by atoms with Gasteiger partial charge in [0.1, 0.15) is 11.4 Å². The molecule has 0 radical (unpaired) electrons. The standard InChI is InChI=1S/C22H21ClFNO3/c1-3-4-15(14-5-7-16(24)8-6-14)12-25-22(27)21-11-19(26)17-10-18(23)13(2)9-20(17)28-21/h5-11,15H,3-4,12H2,1-2H3,(H,25,27)/t15-/m0/s1. The summed E-state index contributed by atoms with van der Waals surface area (Å²) >= 11 is 6.06. The number of rotatable bonds is 6. The van der Waals surface area contributed by atoms with Gasteiger partial charge in [-0.05, 0) is 48.7 Å². The van der Waals surface area contributed by atoms with Crippen molar-refractivity contribution in [1.29, 1.82) is 0 Å². The van der Waals surface area contributed by atoms with Crippen LogP contribution in [0.25, 0.3) is 11.0 Å². The largest absolute Gasteiger partial charge is 0.451 e. The molecule has 3 rings (SSSR count). The zero-order valence-corrected chi connectivity index (χ0v) is 16.5. The number of benzene rings is 2. The van der Waals surface area contributed by atoms with Crippen LogP contribution in [0.4, 0.5) is 4.39 Å². The molecule has 1 N–H and O–H groups in total. The van der Waals surface area contributed by atoms with Gasteiger partial charge < -0.3 is 9.73 Å². The summed E-state index contributed by atoms with van der Waals surface area (Å²) < 4.78 is 18.8. The maximum absolute atomic E-state index is 13.2. The molecule has 4 nitrogen and oxygen atoms in total. The number of amides is 1. The highest BCUT2D eigenvalue weighted by Gasteiger charge is 2.17. The van der Waals surface area contributed by atoms with Crippen molar-refractivity contribution in [2.75, 3.05) is 6.54 Å². The second kappa shape index (κ2) is 8.57. The molecule has 0 aliphatic heterocycles. The predicted octanol–water partition coefficient (Wildman–Crippen LogP) is 5.21. The first-order chi connectivity index (χ1) is 13.4. The molecule has 3 aromatic rings. The van der Waals surface area contributed by atoms with Gasteiger partial charge in [-0.1, -0.05) is 37.1 Å². The minimum absolute atomic E-state index is 0.0442. The molecular weight excluding hydrogens is 381 g/mol. The van der Waals surface area contributed by atoms with Crippen molar-refractivity contribution in [1.82, 2.24) is 5.32 Å². The number of hydrogen-bond donors (Lipinski definition) is 1. The normalized spacial score (nSPS) is 12.1. The average molecular weight is 402 g/mol. The van der Waals surface area contributed by atoms with Crippen molar-refractivity contribution in [3.05, 3.63) is 80.4 Å². The molecule has 0 unspecified atom stereocenters. The van der Waals surface area contributed by atoms with Crippen LogP contribution in [0.3, 0.4) is 0 Å². The van der Waals surface area contributed by atoms with E-state index in [0.29, 0.717) is 22.5 Å². The number of nitrogens with one attached hydrogen (secondary N) is 1. The second-order valence-electron chi connectivity index (χ2n) is 6.82. The van der Waals surface area contributed by atoms with Gasteiger partial charge >= 0.3 is 0 Å². The third-order valence-corrected chi connectivity index (χ3v) is 5.13. The third kappa shape index (κ3) is 4.42. The molecule has 1 amide bonds. The number of carbonyl (C=O) groups excluding carboxylic acids is 1. The van der Waals surface area contributed by atoms with E-state index in [9.17, 15) is 14.0 Å². The van der Waals surface area contributed by atoms with Gasteiger partial charge in [0.15, 0.2) is 11.2 Å². The van der Waals surface area contributed by atoms with E-state index in [4.69, 9.17) is 16.0 Å². The van der Waals surface area contributed by atoms with Crippen LogP contribution < -0.4 is 10.7 Å². The number of carbonyl (C=O) groups is 1. The predicted molar refractivity (Wildman–Crippen MR) is 109 cm³/mol. The van der Waals surface area contributed by atoms with Gasteiger partial charge in [0.2, 0.25) is 0 Å². The van der Waals surface area contributed by atoms with Crippen molar-refractivity contribution in [3.8, 4) is 0 Å². The lowest BCUT2D eigenvalue weighted by molar-refractivity contribution is 0.0923. The van der Waals surface area contributed by atoms with E-state index in [-0.39, 0.29) is 22.9 Å². The Balaban J connectivity index is 1.80. The van der Waals surface area contributed by atoms with Crippen molar-refractivity contribution in [2.24, 2.45) is 0 Å². The van der Waals surface area contributed by atoms with Crippen LogP contribution >= 0.6 is 11.6 Å². The summed E-state index contributed by atoms with van der Waals surface area (Å²) in [4.78, 5) is 24.9. The Labute approximate surface area is 167 Å². The molecule has 146 valence electrons. The molecule has 0 bridgehead atoms. The molecular formula is C22H21ClFNO3. The van der Waals surface area contributed by atoms with E-state index in [0.717, 1.165) is 24.0 Å². The van der Waals surface area contributed by atoms with E-state index in [1.165, 1.54) is 18.2 Å². The van der Waals surface area contributed by atoms with Gasteiger partial charge in [0.25, 0.3) is 5.91 Å². The van der Waals surface area contributed by atoms with E-state index >= 15 is 0 Å². The number of aryl methyl sites for hydroxylation is 1. The average Bonchev–Trinajstić information content (AvgIpc) is 2.67. The Morgan fingerprint density at radius 2 is 1.93 bits per heavy atom. The van der Waals surface area contributed by atoms with E-state index in [2.05, 4.69) is 5.32 Å². The molecule has 2 aromatic carbocycles. The zero-order chi connectivity index (χ0) is 20.3. The lowest BCUT2D eigenvalue weighted by Gasteiger charge is -2.17. The molecule has 0 spiro atoms. The summed E-state index contributed by atoms with van der Waals surface area (Å²) in [5.41, 5.74) is 1.71. The SMILES string of the molecule is CCC[C@@H](CNC(=O)c1cc(=O)c2cc(Cl)c(C)cc2o1)c1ccc(F)cc1. The summed E-state index contributed by atoms with van der Waals surface area (Å²) in [6.45, 7) is 4.21. The summed E-state index contributed by atoms with van der Waals surface area (Å²) in [5.74, 6) is -0.762. The van der Waals surface area contributed by atoms with Crippen molar-refractivity contribution >= 4 is 28.5 Å². The van der Waals surface area contributed by atoms with Gasteiger partial charge in [-0.3, -0.25) is 9.59 Å². The Kier molecular flexibility index (Phi) is 6.15. The highest BCUT2D eigenvalue weighted by Crippen LogP contribution is 2.23. The Morgan fingerprint density at radius 3 is 2.61 bits per heavy atom. The van der Waals surface area contributed by atoms with Gasteiger partial charge in [0.05, 0.1) is 5.39 Å². The van der Waals surface area contributed by atoms with Crippen molar-refractivity contribution in [2.45, 2.75) is 32.6 Å². The summed E-state index contributed by atoms with van der Waals surface area (Å²) in [6.07, 6.45) is 1.76. The molecule has 0 fully saturated rings. The van der Waals surface area contributed by atoms with Crippen LogP contribution in [0.15, 0.2) is 51.7 Å². The van der Waals surface area contributed by atoms with E-state index in [1.54, 1.807) is 31.2 Å². The third-order valence-electron chi connectivity index (χ3n) is 4.72. The topological polar surface area (TPSA) is 59.3 Å². The van der Waals surface area contributed by atoms with Crippen LogP contribution in [0.5, 0.6) is 0 Å². The van der Waals surface area contributed by atoms with Crippen LogP contribution in [0.1, 0.15) is 47.4 Å². The van der Waals surface area contributed by atoms with Gasteiger partial charge in [-0.25, -0.2) is 4.39 Å². The smallest absolute Gasteiger partial charge is 0.287 e. The molecule has 6 heteroatoms. The van der Waals surface area contributed by atoms with Crippen LogP contribution in [-0.4, -0.2) is 12.5 Å². The fraction of sp³-hybridized carbons (Fsp3) is 0.273. The van der Waals surface area contributed by atoms with E-state index in [1.807, 2.05) is 6.92 Å². The summed E-state index contributed by atoms with van der Waals surface area (Å²) in [7, 11) is 0. The minimum atomic E-state index is -0.463. The molecule has 1 aromatic heterocycles. The molecule has 0 aliphatic carbocycles.